The van der Waals surface area contributed by atoms with Crippen molar-refractivity contribution in [2.45, 2.75) is 38.5 Å². The van der Waals surface area contributed by atoms with Crippen LogP contribution in [0, 0.1) is 6.92 Å². The lowest BCUT2D eigenvalue weighted by atomic mass is 9.99. The van der Waals surface area contributed by atoms with Crippen molar-refractivity contribution in [2.24, 2.45) is 0 Å². The first-order valence-electron chi connectivity index (χ1n) is 4.99. The number of hydrogen-bond donors (Lipinski definition) is 1. The van der Waals surface area contributed by atoms with E-state index in [0.717, 1.165) is 17.3 Å². The molecule has 0 atom stereocenters. The van der Waals surface area contributed by atoms with Crippen LogP contribution in [0.15, 0.2) is 12.3 Å². The molecule has 2 heteroatoms. The molecule has 2 rings (SSSR count). The number of anilines is 1. The summed E-state index contributed by atoms with van der Waals surface area (Å²) >= 11 is 0. The Balaban J connectivity index is 2.25. The third-order valence-corrected chi connectivity index (χ3v) is 2.97. The lowest BCUT2D eigenvalue weighted by Gasteiger charge is -2.10. The van der Waals surface area contributed by atoms with Crippen LogP contribution in [0.3, 0.4) is 0 Å². The number of nitrogens with zero attached hydrogens (tertiary/aromatic N) is 1. The van der Waals surface area contributed by atoms with Gasteiger partial charge in [-0.2, -0.15) is 0 Å². The Labute approximate surface area is 79.2 Å². The third kappa shape index (κ3) is 1.67. The smallest absolute Gasteiger partial charge is 0.0601 e. The summed E-state index contributed by atoms with van der Waals surface area (Å²) in [4.78, 5) is 4.30. The Morgan fingerprint density at radius 1 is 1.38 bits per heavy atom. The minimum absolute atomic E-state index is 0.718. The summed E-state index contributed by atoms with van der Waals surface area (Å²) in [6.45, 7) is 1.95. The summed E-state index contributed by atoms with van der Waals surface area (Å²) in [5, 5.41) is 0. The Morgan fingerprint density at radius 3 is 2.69 bits per heavy atom. The molecule has 13 heavy (non-hydrogen) atoms. The zero-order chi connectivity index (χ0) is 9.26. The minimum atomic E-state index is 0.718. The topological polar surface area (TPSA) is 38.9 Å². The van der Waals surface area contributed by atoms with Crippen molar-refractivity contribution in [3.63, 3.8) is 0 Å². The van der Waals surface area contributed by atoms with Gasteiger partial charge in [0.2, 0.25) is 0 Å². The van der Waals surface area contributed by atoms with E-state index in [-0.39, 0.29) is 0 Å². The number of nitrogen functional groups attached to an aromatic ring is 1. The number of hydrogen-bond acceptors (Lipinski definition) is 2. The molecule has 0 radical (unpaired) electrons. The van der Waals surface area contributed by atoms with Crippen LogP contribution >= 0.6 is 0 Å². The number of pyridine rings is 1. The average molecular weight is 176 g/mol. The van der Waals surface area contributed by atoms with Gasteiger partial charge in [-0.05, 0) is 37.3 Å². The fraction of sp³-hybridized carbons (Fsp3) is 0.545. The second-order valence-corrected chi connectivity index (χ2v) is 3.92. The van der Waals surface area contributed by atoms with Crippen LogP contribution in [0.2, 0.25) is 0 Å². The van der Waals surface area contributed by atoms with Crippen molar-refractivity contribution >= 4 is 5.69 Å². The maximum atomic E-state index is 5.83. The van der Waals surface area contributed by atoms with Gasteiger partial charge in [0.15, 0.2) is 0 Å². The summed E-state index contributed by atoms with van der Waals surface area (Å²) in [6, 6.07) is 2.10. The molecule has 70 valence electrons. The maximum Gasteiger partial charge on any atom is 0.0601 e. The van der Waals surface area contributed by atoms with Crippen LogP contribution in [0.1, 0.15) is 42.9 Å². The van der Waals surface area contributed by atoms with Crippen LogP contribution in [-0.4, -0.2) is 4.98 Å². The quantitative estimate of drug-likeness (QED) is 0.714. The molecule has 1 heterocycles. The summed E-state index contributed by atoms with van der Waals surface area (Å²) in [5.74, 6) is 0.718. The number of nitrogens with two attached hydrogens (primary N) is 1. The minimum Gasteiger partial charge on any atom is -0.397 e. The van der Waals surface area contributed by atoms with E-state index < -0.39 is 0 Å². The molecular weight excluding hydrogens is 160 g/mol. The zero-order valence-electron chi connectivity index (χ0n) is 8.09. The van der Waals surface area contributed by atoms with E-state index in [4.69, 9.17) is 5.73 Å². The van der Waals surface area contributed by atoms with E-state index in [9.17, 15) is 0 Å². The van der Waals surface area contributed by atoms with Gasteiger partial charge in [0.05, 0.1) is 11.4 Å². The first kappa shape index (κ1) is 8.54. The van der Waals surface area contributed by atoms with Gasteiger partial charge in [0.25, 0.3) is 0 Å². The Bertz CT molecular complexity index is 301. The number of aryl methyl sites for hydroxylation is 1. The monoisotopic (exact) mass is 176 g/mol. The standard InChI is InChI=1S/C11H16N2/c1-8-11(12)6-10(7-13-8)9-4-2-3-5-9/h6-7,9H,2-5,12H2,1H3. The second kappa shape index (κ2) is 3.36. The van der Waals surface area contributed by atoms with Crippen molar-refractivity contribution in [3.8, 4) is 0 Å². The molecule has 0 aromatic carbocycles. The van der Waals surface area contributed by atoms with Gasteiger partial charge in [-0.15, -0.1) is 0 Å². The van der Waals surface area contributed by atoms with E-state index in [2.05, 4.69) is 11.1 Å². The highest BCUT2D eigenvalue weighted by atomic mass is 14.7. The van der Waals surface area contributed by atoms with E-state index in [1.807, 2.05) is 13.1 Å². The van der Waals surface area contributed by atoms with Crippen LogP contribution in [0.4, 0.5) is 5.69 Å². The summed E-state index contributed by atoms with van der Waals surface area (Å²) in [5.41, 5.74) is 8.94. The molecule has 0 amide bonds. The van der Waals surface area contributed by atoms with E-state index in [1.54, 1.807) is 0 Å². The van der Waals surface area contributed by atoms with Gasteiger partial charge in [-0.25, -0.2) is 0 Å². The fourth-order valence-corrected chi connectivity index (χ4v) is 2.05. The molecule has 0 bridgehead atoms. The van der Waals surface area contributed by atoms with Crippen molar-refractivity contribution < 1.29 is 0 Å². The van der Waals surface area contributed by atoms with Gasteiger partial charge in [0.1, 0.15) is 0 Å². The Kier molecular flexibility index (Phi) is 2.21. The van der Waals surface area contributed by atoms with Gasteiger partial charge < -0.3 is 5.73 Å². The normalized spacial score (nSPS) is 17.9. The largest absolute Gasteiger partial charge is 0.397 e. The van der Waals surface area contributed by atoms with Gasteiger partial charge in [0, 0.05) is 6.20 Å². The van der Waals surface area contributed by atoms with Crippen LogP contribution in [0.5, 0.6) is 0 Å². The molecule has 2 nitrogen and oxygen atoms in total. The third-order valence-electron chi connectivity index (χ3n) is 2.97. The Hall–Kier alpha value is -1.05. The predicted octanol–water partition coefficient (Wildman–Crippen LogP) is 2.63. The molecule has 0 unspecified atom stereocenters. The average Bonchev–Trinajstić information content (AvgIpc) is 2.62. The molecule has 0 spiro atoms. The molecule has 1 aliphatic rings. The molecule has 1 aromatic heterocycles. The molecule has 1 aromatic rings. The molecule has 1 saturated carbocycles. The fourth-order valence-electron chi connectivity index (χ4n) is 2.05. The predicted molar refractivity (Wildman–Crippen MR) is 54.6 cm³/mol. The van der Waals surface area contributed by atoms with E-state index in [1.165, 1.54) is 31.2 Å². The van der Waals surface area contributed by atoms with Crippen molar-refractivity contribution in [1.29, 1.82) is 0 Å². The summed E-state index contributed by atoms with van der Waals surface area (Å²) in [6.07, 6.45) is 7.33. The first-order chi connectivity index (χ1) is 6.27. The van der Waals surface area contributed by atoms with Crippen molar-refractivity contribution in [1.82, 2.24) is 4.98 Å². The van der Waals surface area contributed by atoms with E-state index in [0.29, 0.717) is 0 Å². The number of rotatable bonds is 1. The molecule has 0 saturated heterocycles. The Morgan fingerprint density at radius 2 is 2.08 bits per heavy atom. The SMILES string of the molecule is Cc1ncc(C2CCCC2)cc1N. The lowest BCUT2D eigenvalue weighted by Crippen LogP contribution is -1.98. The lowest BCUT2D eigenvalue weighted by molar-refractivity contribution is 0.719. The summed E-state index contributed by atoms with van der Waals surface area (Å²) < 4.78 is 0. The maximum absolute atomic E-state index is 5.83. The van der Waals surface area contributed by atoms with Crippen molar-refractivity contribution in [2.75, 3.05) is 5.73 Å². The molecule has 1 fully saturated rings. The molecule has 1 aliphatic carbocycles. The molecule has 0 aliphatic heterocycles. The molecular formula is C11H16N2. The van der Waals surface area contributed by atoms with Crippen molar-refractivity contribution in [3.05, 3.63) is 23.5 Å². The van der Waals surface area contributed by atoms with E-state index >= 15 is 0 Å². The van der Waals surface area contributed by atoms with Gasteiger partial charge >= 0.3 is 0 Å². The van der Waals surface area contributed by atoms with Crippen LogP contribution < -0.4 is 5.73 Å². The van der Waals surface area contributed by atoms with Crippen LogP contribution in [0.25, 0.3) is 0 Å². The highest BCUT2D eigenvalue weighted by molar-refractivity contribution is 5.44. The van der Waals surface area contributed by atoms with Gasteiger partial charge in [-0.3, -0.25) is 4.98 Å². The first-order valence-corrected chi connectivity index (χ1v) is 4.99. The highest BCUT2D eigenvalue weighted by Crippen LogP contribution is 2.34. The van der Waals surface area contributed by atoms with Gasteiger partial charge in [-0.1, -0.05) is 12.8 Å². The second-order valence-electron chi connectivity index (χ2n) is 3.92. The number of aromatic nitrogens is 1. The van der Waals surface area contributed by atoms with Crippen LogP contribution in [-0.2, 0) is 0 Å². The summed E-state index contributed by atoms with van der Waals surface area (Å²) in [7, 11) is 0. The molecule has 2 N–H and O–H groups in total. The highest BCUT2D eigenvalue weighted by Gasteiger charge is 2.17. The zero-order valence-corrected chi connectivity index (χ0v) is 8.09.